The van der Waals surface area contributed by atoms with Crippen molar-refractivity contribution in [1.82, 2.24) is 9.62 Å². The molecule has 0 spiro atoms. The molecule has 136 valence electrons. The molecule has 25 heavy (non-hydrogen) atoms. The molecule has 2 aromatic rings. The Hall–Kier alpha value is -2.19. The zero-order chi connectivity index (χ0) is 18.3. The Balaban J connectivity index is 1.86. The molecule has 0 unspecified atom stereocenters. The highest BCUT2D eigenvalue weighted by Crippen LogP contribution is 2.12. The number of sulfonamides is 1. The first-order valence-electron chi connectivity index (χ1n) is 7.84. The largest absolute Gasteiger partial charge is 0.469 e. The second-order valence-electron chi connectivity index (χ2n) is 5.66. The van der Waals surface area contributed by atoms with Gasteiger partial charge in [0.2, 0.25) is 15.9 Å². The van der Waals surface area contributed by atoms with Crippen molar-refractivity contribution in [2.45, 2.75) is 19.4 Å². The van der Waals surface area contributed by atoms with Crippen molar-refractivity contribution in [3.63, 3.8) is 0 Å². The second kappa shape index (κ2) is 8.77. The van der Waals surface area contributed by atoms with Crippen LogP contribution in [0.5, 0.6) is 0 Å². The number of aryl methyl sites for hydroxylation is 1. The van der Waals surface area contributed by atoms with Crippen molar-refractivity contribution in [3.8, 4) is 0 Å². The van der Waals surface area contributed by atoms with Crippen LogP contribution in [0, 0.1) is 5.82 Å². The van der Waals surface area contributed by atoms with Crippen LogP contribution in [0.3, 0.4) is 0 Å². The molecule has 6 nitrogen and oxygen atoms in total. The zero-order valence-corrected chi connectivity index (χ0v) is 14.8. The lowest BCUT2D eigenvalue weighted by atomic mass is 10.2. The highest BCUT2D eigenvalue weighted by Gasteiger charge is 2.21. The SMILES string of the molecule is CS(=O)(=O)N(CC(=O)NCCCc1ccco1)Cc1ccccc1F. The smallest absolute Gasteiger partial charge is 0.235 e. The third kappa shape index (κ3) is 6.32. The van der Waals surface area contributed by atoms with Crippen LogP contribution >= 0.6 is 0 Å². The van der Waals surface area contributed by atoms with Crippen LogP contribution in [0.15, 0.2) is 47.1 Å². The van der Waals surface area contributed by atoms with Crippen LogP contribution < -0.4 is 5.32 Å². The van der Waals surface area contributed by atoms with Gasteiger partial charge in [-0.1, -0.05) is 18.2 Å². The van der Waals surface area contributed by atoms with E-state index in [0.717, 1.165) is 16.3 Å². The molecule has 0 saturated carbocycles. The van der Waals surface area contributed by atoms with Gasteiger partial charge < -0.3 is 9.73 Å². The van der Waals surface area contributed by atoms with Gasteiger partial charge in [-0.05, 0) is 24.6 Å². The number of hydrogen-bond donors (Lipinski definition) is 1. The summed E-state index contributed by atoms with van der Waals surface area (Å²) in [5, 5.41) is 2.67. The quantitative estimate of drug-likeness (QED) is 0.686. The number of benzene rings is 1. The van der Waals surface area contributed by atoms with Crippen molar-refractivity contribution in [1.29, 1.82) is 0 Å². The van der Waals surface area contributed by atoms with E-state index in [4.69, 9.17) is 4.42 Å². The Kier molecular flexibility index (Phi) is 6.72. The first-order chi connectivity index (χ1) is 11.9. The summed E-state index contributed by atoms with van der Waals surface area (Å²) in [5.41, 5.74) is 0.221. The number of furan rings is 1. The lowest BCUT2D eigenvalue weighted by Gasteiger charge is -2.19. The van der Waals surface area contributed by atoms with Gasteiger partial charge in [-0.25, -0.2) is 12.8 Å². The molecule has 0 fully saturated rings. The van der Waals surface area contributed by atoms with Gasteiger partial charge in [0, 0.05) is 25.1 Å². The maximum absolute atomic E-state index is 13.7. The number of nitrogens with one attached hydrogen (secondary N) is 1. The summed E-state index contributed by atoms with van der Waals surface area (Å²) in [6.07, 6.45) is 3.93. The van der Waals surface area contributed by atoms with E-state index < -0.39 is 21.7 Å². The van der Waals surface area contributed by atoms with E-state index in [-0.39, 0.29) is 18.7 Å². The highest BCUT2D eigenvalue weighted by molar-refractivity contribution is 7.88. The summed E-state index contributed by atoms with van der Waals surface area (Å²) in [5.74, 6) is -0.109. The van der Waals surface area contributed by atoms with Gasteiger partial charge in [-0.3, -0.25) is 4.79 Å². The van der Waals surface area contributed by atoms with Crippen molar-refractivity contribution in [3.05, 3.63) is 59.8 Å². The maximum atomic E-state index is 13.7. The van der Waals surface area contributed by atoms with Crippen molar-refractivity contribution in [2.24, 2.45) is 0 Å². The van der Waals surface area contributed by atoms with Crippen LogP contribution in [-0.4, -0.2) is 38.0 Å². The van der Waals surface area contributed by atoms with E-state index in [0.29, 0.717) is 19.4 Å². The van der Waals surface area contributed by atoms with E-state index in [1.54, 1.807) is 18.4 Å². The molecule has 0 radical (unpaired) electrons. The molecule has 0 aliphatic heterocycles. The van der Waals surface area contributed by atoms with Gasteiger partial charge in [-0.15, -0.1) is 0 Å². The predicted octanol–water partition coefficient (Wildman–Crippen LogP) is 1.93. The molecule has 1 aromatic heterocycles. The third-order valence-corrected chi connectivity index (χ3v) is 4.79. The number of rotatable bonds is 9. The molecule has 0 bridgehead atoms. The molecule has 8 heteroatoms. The van der Waals surface area contributed by atoms with Gasteiger partial charge in [0.1, 0.15) is 11.6 Å². The fraction of sp³-hybridized carbons (Fsp3) is 0.353. The zero-order valence-electron chi connectivity index (χ0n) is 13.9. The fourth-order valence-electron chi connectivity index (χ4n) is 2.27. The summed E-state index contributed by atoms with van der Waals surface area (Å²) in [6, 6.07) is 9.53. The standard InChI is InChI=1S/C17H21FN2O4S/c1-25(22,23)20(12-14-6-2-3-9-16(14)18)13-17(21)19-10-4-7-15-8-5-11-24-15/h2-3,5-6,8-9,11H,4,7,10,12-13H2,1H3,(H,19,21). The molecule has 2 rings (SSSR count). The van der Waals surface area contributed by atoms with Crippen molar-refractivity contribution < 1.29 is 22.0 Å². The van der Waals surface area contributed by atoms with Crippen LogP contribution in [0.25, 0.3) is 0 Å². The van der Waals surface area contributed by atoms with Crippen LogP contribution in [0.1, 0.15) is 17.7 Å². The summed E-state index contributed by atoms with van der Waals surface area (Å²) in [4.78, 5) is 12.0. The summed E-state index contributed by atoms with van der Waals surface area (Å²) in [6.45, 7) is -0.143. The average Bonchev–Trinajstić information content (AvgIpc) is 3.05. The lowest BCUT2D eigenvalue weighted by Crippen LogP contribution is -2.40. The first-order valence-corrected chi connectivity index (χ1v) is 9.68. The normalized spacial score (nSPS) is 11.6. The Morgan fingerprint density at radius 2 is 2.00 bits per heavy atom. The molecular formula is C17H21FN2O4S. The molecule has 0 aliphatic carbocycles. The van der Waals surface area contributed by atoms with E-state index in [9.17, 15) is 17.6 Å². The van der Waals surface area contributed by atoms with Gasteiger partial charge in [0.25, 0.3) is 0 Å². The maximum Gasteiger partial charge on any atom is 0.235 e. The Morgan fingerprint density at radius 3 is 2.64 bits per heavy atom. The van der Waals surface area contributed by atoms with Gasteiger partial charge in [-0.2, -0.15) is 4.31 Å². The van der Waals surface area contributed by atoms with Gasteiger partial charge >= 0.3 is 0 Å². The summed E-state index contributed by atoms with van der Waals surface area (Å²) < 4.78 is 43.6. The Bertz CT molecular complexity index is 791. The van der Waals surface area contributed by atoms with Gasteiger partial charge in [0.05, 0.1) is 19.1 Å². The van der Waals surface area contributed by atoms with E-state index in [1.165, 1.54) is 18.2 Å². The summed E-state index contributed by atoms with van der Waals surface area (Å²) >= 11 is 0. The molecule has 0 aliphatic rings. The number of amides is 1. The number of hydrogen-bond acceptors (Lipinski definition) is 4. The summed E-state index contributed by atoms with van der Waals surface area (Å²) in [7, 11) is -3.65. The first kappa shape index (κ1) is 19.1. The number of carbonyl (C=O) groups excluding carboxylic acids is 1. The minimum atomic E-state index is -3.65. The van der Waals surface area contributed by atoms with Crippen LogP contribution in [0.2, 0.25) is 0 Å². The molecular weight excluding hydrogens is 347 g/mol. The highest BCUT2D eigenvalue weighted by atomic mass is 32.2. The number of halogens is 1. The van der Waals surface area contributed by atoms with E-state index in [2.05, 4.69) is 5.32 Å². The molecule has 1 amide bonds. The Labute approximate surface area is 146 Å². The fourth-order valence-corrected chi connectivity index (χ4v) is 2.99. The van der Waals surface area contributed by atoms with E-state index in [1.807, 2.05) is 6.07 Å². The molecule has 0 atom stereocenters. The van der Waals surface area contributed by atoms with Crippen LogP contribution in [-0.2, 0) is 27.8 Å². The van der Waals surface area contributed by atoms with Crippen molar-refractivity contribution >= 4 is 15.9 Å². The molecule has 0 saturated heterocycles. The third-order valence-electron chi connectivity index (χ3n) is 3.60. The minimum absolute atomic E-state index is 0.189. The second-order valence-corrected chi connectivity index (χ2v) is 7.64. The van der Waals surface area contributed by atoms with Crippen molar-refractivity contribution in [2.75, 3.05) is 19.3 Å². The monoisotopic (exact) mass is 368 g/mol. The minimum Gasteiger partial charge on any atom is -0.469 e. The number of nitrogens with zero attached hydrogens (tertiary/aromatic N) is 1. The lowest BCUT2D eigenvalue weighted by molar-refractivity contribution is -0.121. The predicted molar refractivity (Wildman–Crippen MR) is 91.7 cm³/mol. The Morgan fingerprint density at radius 1 is 1.24 bits per heavy atom. The number of carbonyl (C=O) groups is 1. The molecule has 1 aromatic carbocycles. The topological polar surface area (TPSA) is 79.6 Å². The van der Waals surface area contributed by atoms with Gasteiger partial charge in [0.15, 0.2) is 0 Å². The van der Waals surface area contributed by atoms with Crippen LogP contribution in [0.4, 0.5) is 4.39 Å². The molecule has 1 N–H and O–H groups in total. The average molecular weight is 368 g/mol. The molecule has 1 heterocycles. The van der Waals surface area contributed by atoms with E-state index >= 15 is 0 Å².